The first-order valence-electron chi connectivity index (χ1n) is 7.68. The summed E-state index contributed by atoms with van der Waals surface area (Å²) in [6, 6.07) is 0.769. The van der Waals surface area contributed by atoms with Crippen LogP contribution in [0.15, 0.2) is 0 Å². The summed E-state index contributed by atoms with van der Waals surface area (Å²) in [4.78, 5) is 2.50. The molecule has 2 saturated heterocycles. The summed E-state index contributed by atoms with van der Waals surface area (Å²) in [5.74, 6) is 1.82. The van der Waals surface area contributed by atoms with Crippen LogP contribution in [-0.4, -0.2) is 51.3 Å². The predicted octanol–water partition coefficient (Wildman–Crippen LogP) is 1.73. The van der Waals surface area contributed by atoms with Crippen LogP contribution in [-0.2, 0) is 4.74 Å². The molecule has 3 nitrogen and oxygen atoms in total. The molecule has 0 spiro atoms. The Morgan fingerprint density at radius 3 is 2.22 bits per heavy atom. The Morgan fingerprint density at radius 2 is 1.78 bits per heavy atom. The summed E-state index contributed by atoms with van der Waals surface area (Å²) in [5.41, 5.74) is 0.545. The SMILES string of the molecule is CNC1CCC(C2(C3CCN(C)C3)COC2)CC1. The van der Waals surface area contributed by atoms with Crippen LogP contribution >= 0.6 is 0 Å². The lowest BCUT2D eigenvalue weighted by atomic mass is 9.60. The second-order valence-corrected chi connectivity index (χ2v) is 6.81. The molecule has 1 atom stereocenters. The van der Waals surface area contributed by atoms with Crippen molar-refractivity contribution in [3.8, 4) is 0 Å². The van der Waals surface area contributed by atoms with Crippen molar-refractivity contribution >= 4 is 0 Å². The highest BCUT2D eigenvalue weighted by molar-refractivity contribution is 5.01. The number of ether oxygens (including phenoxy) is 1. The maximum Gasteiger partial charge on any atom is 0.0550 e. The van der Waals surface area contributed by atoms with Crippen LogP contribution in [0.1, 0.15) is 32.1 Å². The Balaban J connectivity index is 1.65. The van der Waals surface area contributed by atoms with Gasteiger partial charge in [0.15, 0.2) is 0 Å². The summed E-state index contributed by atoms with van der Waals surface area (Å²) in [6.07, 6.45) is 6.95. The van der Waals surface area contributed by atoms with Crippen LogP contribution in [0.5, 0.6) is 0 Å². The van der Waals surface area contributed by atoms with E-state index in [9.17, 15) is 0 Å². The fraction of sp³-hybridized carbons (Fsp3) is 1.00. The van der Waals surface area contributed by atoms with E-state index in [2.05, 4.69) is 24.3 Å². The molecule has 1 saturated carbocycles. The Labute approximate surface area is 111 Å². The van der Waals surface area contributed by atoms with Crippen LogP contribution in [0.25, 0.3) is 0 Å². The number of nitrogens with zero attached hydrogens (tertiary/aromatic N) is 1. The van der Waals surface area contributed by atoms with E-state index in [1.807, 2.05) is 0 Å². The van der Waals surface area contributed by atoms with Crippen molar-refractivity contribution in [1.82, 2.24) is 10.2 Å². The number of hydrogen-bond donors (Lipinski definition) is 1. The smallest absolute Gasteiger partial charge is 0.0550 e. The lowest BCUT2D eigenvalue weighted by molar-refractivity contribution is -0.182. The lowest BCUT2D eigenvalue weighted by Gasteiger charge is -2.53. The molecule has 1 N–H and O–H groups in total. The normalized spacial score (nSPS) is 40.7. The minimum Gasteiger partial charge on any atom is -0.380 e. The van der Waals surface area contributed by atoms with Gasteiger partial charge in [-0.2, -0.15) is 0 Å². The second kappa shape index (κ2) is 5.10. The summed E-state index contributed by atoms with van der Waals surface area (Å²) < 4.78 is 5.66. The van der Waals surface area contributed by atoms with Gasteiger partial charge in [0.25, 0.3) is 0 Å². The molecule has 18 heavy (non-hydrogen) atoms. The van der Waals surface area contributed by atoms with Gasteiger partial charge in [-0.05, 0) is 64.6 Å². The van der Waals surface area contributed by atoms with E-state index in [1.165, 1.54) is 45.2 Å². The molecule has 3 heteroatoms. The highest BCUT2D eigenvalue weighted by Crippen LogP contribution is 2.51. The third-order valence-corrected chi connectivity index (χ3v) is 5.89. The van der Waals surface area contributed by atoms with Gasteiger partial charge < -0.3 is 15.0 Å². The zero-order valence-corrected chi connectivity index (χ0v) is 12.0. The van der Waals surface area contributed by atoms with Gasteiger partial charge in [-0.3, -0.25) is 0 Å². The topological polar surface area (TPSA) is 24.5 Å². The third-order valence-electron chi connectivity index (χ3n) is 5.89. The van der Waals surface area contributed by atoms with E-state index in [4.69, 9.17) is 4.74 Å². The third kappa shape index (κ3) is 2.10. The number of hydrogen-bond acceptors (Lipinski definition) is 3. The molecule has 0 aromatic rings. The summed E-state index contributed by atoms with van der Waals surface area (Å²) in [7, 11) is 4.38. The van der Waals surface area contributed by atoms with Crippen LogP contribution in [0.2, 0.25) is 0 Å². The van der Waals surface area contributed by atoms with Gasteiger partial charge >= 0.3 is 0 Å². The molecule has 2 heterocycles. The Hall–Kier alpha value is -0.120. The molecule has 1 aliphatic carbocycles. The van der Waals surface area contributed by atoms with E-state index >= 15 is 0 Å². The number of rotatable bonds is 3. The molecule has 1 unspecified atom stereocenters. The van der Waals surface area contributed by atoms with Crippen molar-refractivity contribution in [2.45, 2.75) is 38.1 Å². The largest absolute Gasteiger partial charge is 0.380 e. The van der Waals surface area contributed by atoms with Gasteiger partial charge in [0.05, 0.1) is 13.2 Å². The zero-order valence-electron chi connectivity index (χ0n) is 12.0. The van der Waals surface area contributed by atoms with Crippen molar-refractivity contribution < 1.29 is 4.74 Å². The highest BCUT2D eigenvalue weighted by Gasteiger charge is 2.52. The number of likely N-dealkylation sites (tertiary alicyclic amines) is 1. The maximum absolute atomic E-state index is 5.66. The molecular weight excluding hydrogens is 224 g/mol. The van der Waals surface area contributed by atoms with Crippen molar-refractivity contribution in [1.29, 1.82) is 0 Å². The van der Waals surface area contributed by atoms with Crippen molar-refractivity contribution in [3.05, 3.63) is 0 Å². The monoisotopic (exact) mass is 252 g/mol. The van der Waals surface area contributed by atoms with Crippen LogP contribution in [0, 0.1) is 17.3 Å². The molecule has 3 rings (SSSR count). The molecule has 0 aromatic carbocycles. The molecule has 0 radical (unpaired) electrons. The Bertz CT molecular complexity index is 282. The Kier molecular flexibility index (Phi) is 3.65. The van der Waals surface area contributed by atoms with Crippen molar-refractivity contribution in [3.63, 3.8) is 0 Å². The van der Waals surface area contributed by atoms with E-state index in [-0.39, 0.29) is 0 Å². The fourth-order valence-corrected chi connectivity index (χ4v) is 4.50. The standard InChI is InChI=1S/C15H28N2O/c1-16-14-5-3-12(4-6-14)15(10-18-11-15)13-7-8-17(2)9-13/h12-14,16H,3-11H2,1-2H3. The molecule has 3 aliphatic rings. The van der Waals surface area contributed by atoms with E-state index < -0.39 is 0 Å². The van der Waals surface area contributed by atoms with E-state index in [1.54, 1.807) is 0 Å². The average Bonchev–Trinajstić information content (AvgIpc) is 2.76. The zero-order chi connectivity index (χ0) is 12.6. The minimum atomic E-state index is 0.545. The van der Waals surface area contributed by atoms with Crippen molar-refractivity contribution in [2.24, 2.45) is 17.3 Å². The van der Waals surface area contributed by atoms with Gasteiger partial charge in [-0.1, -0.05) is 0 Å². The van der Waals surface area contributed by atoms with Crippen LogP contribution < -0.4 is 5.32 Å². The molecule has 0 amide bonds. The maximum atomic E-state index is 5.66. The van der Waals surface area contributed by atoms with Crippen LogP contribution in [0.4, 0.5) is 0 Å². The summed E-state index contributed by atoms with van der Waals surface area (Å²) in [6.45, 7) is 4.67. The number of nitrogens with one attached hydrogen (secondary N) is 1. The predicted molar refractivity (Wildman–Crippen MR) is 73.7 cm³/mol. The fourth-order valence-electron chi connectivity index (χ4n) is 4.50. The highest BCUT2D eigenvalue weighted by atomic mass is 16.5. The molecule has 0 bridgehead atoms. The second-order valence-electron chi connectivity index (χ2n) is 6.81. The van der Waals surface area contributed by atoms with Gasteiger partial charge in [0.2, 0.25) is 0 Å². The van der Waals surface area contributed by atoms with E-state index in [0.29, 0.717) is 5.41 Å². The van der Waals surface area contributed by atoms with Crippen molar-refractivity contribution in [2.75, 3.05) is 40.4 Å². The minimum absolute atomic E-state index is 0.545. The first kappa shape index (κ1) is 12.9. The van der Waals surface area contributed by atoms with Gasteiger partial charge in [0.1, 0.15) is 0 Å². The van der Waals surface area contributed by atoms with Gasteiger partial charge in [-0.15, -0.1) is 0 Å². The molecule has 3 fully saturated rings. The van der Waals surface area contributed by atoms with Crippen LogP contribution in [0.3, 0.4) is 0 Å². The first-order valence-corrected chi connectivity index (χ1v) is 7.68. The van der Waals surface area contributed by atoms with Gasteiger partial charge in [0, 0.05) is 18.0 Å². The molecule has 104 valence electrons. The molecular formula is C15H28N2O. The lowest BCUT2D eigenvalue weighted by Crippen LogP contribution is -2.55. The summed E-state index contributed by atoms with van der Waals surface area (Å²) in [5, 5.41) is 3.45. The molecule has 0 aromatic heterocycles. The summed E-state index contributed by atoms with van der Waals surface area (Å²) >= 11 is 0. The molecule has 2 aliphatic heterocycles. The van der Waals surface area contributed by atoms with E-state index in [0.717, 1.165) is 31.1 Å². The first-order chi connectivity index (χ1) is 8.74. The van der Waals surface area contributed by atoms with Gasteiger partial charge in [-0.25, -0.2) is 0 Å². The average molecular weight is 252 g/mol. The Morgan fingerprint density at radius 1 is 1.06 bits per heavy atom. The quantitative estimate of drug-likeness (QED) is 0.828.